The molecule has 0 spiro atoms. The number of hydrogen-bond acceptors (Lipinski definition) is 5. The first-order valence-corrected chi connectivity index (χ1v) is 12.8. The lowest BCUT2D eigenvalue weighted by atomic mass is 10.0. The molecule has 0 bridgehead atoms. The first-order valence-electron chi connectivity index (χ1n) is 12.8. The summed E-state index contributed by atoms with van der Waals surface area (Å²) in [5.74, 6) is 0.409. The van der Waals surface area contributed by atoms with E-state index in [2.05, 4.69) is 29.5 Å². The Kier molecular flexibility index (Phi) is 7.34. The number of imidazole rings is 1. The van der Waals surface area contributed by atoms with Crippen LogP contribution in [0, 0.1) is 0 Å². The predicted molar refractivity (Wildman–Crippen MR) is 147 cm³/mol. The van der Waals surface area contributed by atoms with Gasteiger partial charge in [-0.15, -0.1) is 0 Å². The van der Waals surface area contributed by atoms with E-state index in [0.29, 0.717) is 46.8 Å². The number of fused-ring (bicyclic) bond motifs is 1. The van der Waals surface area contributed by atoms with E-state index in [4.69, 9.17) is 9.97 Å². The molecule has 0 aliphatic carbocycles. The van der Waals surface area contributed by atoms with Crippen LogP contribution in [0.4, 0.5) is 19.1 Å². The van der Waals surface area contributed by atoms with Gasteiger partial charge >= 0.3 is 6.18 Å². The Balaban J connectivity index is 1.61. The number of nitrogens with zero attached hydrogens (tertiary/aromatic N) is 4. The standard InChI is InChI=1S/C30H29F3N6/c1-19(2)35-18-21-13-15-39-26(16-21)38-27(23-10-7-11-24(17-23)30(31,32)33)28(39)25-12-14-34-29(37-25)36-20(3)22-8-5-4-6-9-22/h4-17,19-20,35H,18H2,1-3H3,(H,34,36,37)/t20-/m1/s1. The van der Waals surface area contributed by atoms with Crippen molar-refractivity contribution >= 4 is 11.6 Å². The molecule has 1 atom stereocenters. The monoisotopic (exact) mass is 530 g/mol. The minimum absolute atomic E-state index is 0.0532. The van der Waals surface area contributed by atoms with Crippen molar-refractivity contribution in [3.05, 3.63) is 102 Å². The Morgan fingerprint density at radius 3 is 2.44 bits per heavy atom. The smallest absolute Gasteiger partial charge is 0.348 e. The molecule has 0 saturated heterocycles. The molecule has 2 aromatic carbocycles. The molecule has 0 radical (unpaired) electrons. The number of aromatic nitrogens is 4. The maximum absolute atomic E-state index is 13.6. The molecule has 0 amide bonds. The van der Waals surface area contributed by atoms with E-state index < -0.39 is 11.7 Å². The molecule has 9 heteroatoms. The van der Waals surface area contributed by atoms with Gasteiger partial charge in [0.2, 0.25) is 5.95 Å². The number of hydrogen-bond donors (Lipinski definition) is 2. The summed E-state index contributed by atoms with van der Waals surface area (Å²) in [7, 11) is 0. The van der Waals surface area contributed by atoms with E-state index in [0.717, 1.165) is 23.3 Å². The number of rotatable bonds is 8. The van der Waals surface area contributed by atoms with Crippen LogP contribution in [-0.2, 0) is 12.7 Å². The Morgan fingerprint density at radius 2 is 1.69 bits per heavy atom. The summed E-state index contributed by atoms with van der Waals surface area (Å²) in [5, 5.41) is 6.71. The van der Waals surface area contributed by atoms with Crippen LogP contribution in [0.25, 0.3) is 28.3 Å². The maximum Gasteiger partial charge on any atom is 0.416 e. The fourth-order valence-electron chi connectivity index (χ4n) is 4.39. The van der Waals surface area contributed by atoms with E-state index in [-0.39, 0.29) is 6.04 Å². The van der Waals surface area contributed by atoms with Crippen molar-refractivity contribution in [1.29, 1.82) is 0 Å². The fraction of sp³-hybridized carbons (Fsp3) is 0.233. The lowest BCUT2D eigenvalue weighted by molar-refractivity contribution is -0.137. The van der Waals surface area contributed by atoms with Gasteiger partial charge in [0.15, 0.2) is 0 Å². The third kappa shape index (κ3) is 5.93. The van der Waals surface area contributed by atoms with Gasteiger partial charge in [-0.05, 0) is 48.4 Å². The van der Waals surface area contributed by atoms with Crippen molar-refractivity contribution in [2.24, 2.45) is 0 Å². The van der Waals surface area contributed by atoms with Crippen LogP contribution in [0.3, 0.4) is 0 Å². The molecular weight excluding hydrogens is 501 g/mol. The zero-order valence-corrected chi connectivity index (χ0v) is 21.9. The van der Waals surface area contributed by atoms with Crippen molar-refractivity contribution in [2.75, 3.05) is 5.32 Å². The molecule has 3 heterocycles. The number of anilines is 1. The van der Waals surface area contributed by atoms with Crippen LogP contribution in [0.2, 0.25) is 0 Å². The van der Waals surface area contributed by atoms with Crippen LogP contribution in [0.5, 0.6) is 0 Å². The number of alkyl halides is 3. The Labute approximate surface area is 225 Å². The summed E-state index contributed by atoms with van der Waals surface area (Å²) >= 11 is 0. The highest BCUT2D eigenvalue weighted by Crippen LogP contribution is 2.36. The summed E-state index contributed by atoms with van der Waals surface area (Å²) in [5.41, 5.74) is 3.88. The van der Waals surface area contributed by atoms with Crippen molar-refractivity contribution < 1.29 is 13.2 Å². The molecular formula is C30H29F3N6. The third-order valence-corrected chi connectivity index (χ3v) is 6.41. The Morgan fingerprint density at radius 1 is 0.897 bits per heavy atom. The maximum atomic E-state index is 13.6. The van der Waals surface area contributed by atoms with Gasteiger partial charge in [-0.2, -0.15) is 13.2 Å². The highest BCUT2D eigenvalue weighted by molar-refractivity contribution is 5.81. The van der Waals surface area contributed by atoms with Gasteiger partial charge in [-0.1, -0.05) is 56.3 Å². The van der Waals surface area contributed by atoms with Crippen molar-refractivity contribution in [1.82, 2.24) is 24.7 Å². The topological polar surface area (TPSA) is 67.1 Å². The van der Waals surface area contributed by atoms with Gasteiger partial charge in [-0.3, -0.25) is 4.40 Å². The molecule has 0 fully saturated rings. The zero-order valence-electron chi connectivity index (χ0n) is 21.9. The molecule has 0 saturated carbocycles. The van der Waals surface area contributed by atoms with E-state index >= 15 is 0 Å². The van der Waals surface area contributed by atoms with Gasteiger partial charge in [0.25, 0.3) is 0 Å². The largest absolute Gasteiger partial charge is 0.416 e. The summed E-state index contributed by atoms with van der Waals surface area (Å²) in [6.45, 7) is 6.79. The quantitative estimate of drug-likeness (QED) is 0.223. The minimum Gasteiger partial charge on any atom is -0.348 e. The molecule has 5 aromatic rings. The minimum atomic E-state index is -4.47. The molecule has 0 aliphatic heterocycles. The molecule has 0 unspecified atom stereocenters. The highest BCUT2D eigenvalue weighted by Gasteiger charge is 2.31. The molecule has 0 aliphatic rings. The van der Waals surface area contributed by atoms with Crippen LogP contribution in [0.15, 0.2) is 85.2 Å². The summed E-state index contributed by atoms with van der Waals surface area (Å²) < 4.78 is 42.6. The van der Waals surface area contributed by atoms with E-state index in [1.807, 2.05) is 60.0 Å². The predicted octanol–water partition coefficient (Wildman–Crippen LogP) is 7.15. The van der Waals surface area contributed by atoms with Crippen LogP contribution >= 0.6 is 0 Å². The average molecular weight is 531 g/mol. The lowest BCUT2D eigenvalue weighted by Crippen LogP contribution is -2.21. The Hall–Kier alpha value is -4.24. The third-order valence-electron chi connectivity index (χ3n) is 6.41. The first-order chi connectivity index (χ1) is 18.7. The molecule has 5 rings (SSSR count). The van der Waals surface area contributed by atoms with Crippen molar-refractivity contribution in [3.8, 4) is 22.6 Å². The second-order valence-corrected chi connectivity index (χ2v) is 9.73. The highest BCUT2D eigenvalue weighted by atomic mass is 19.4. The SMILES string of the molecule is CC(C)NCc1ccn2c(-c3ccnc(N[C@H](C)c4ccccc4)n3)c(-c3cccc(C(F)(F)F)c3)nc2c1. The van der Waals surface area contributed by atoms with Gasteiger partial charge < -0.3 is 10.6 Å². The van der Waals surface area contributed by atoms with E-state index in [9.17, 15) is 13.2 Å². The molecule has 200 valence electrons. The van der Waals surface area contributed by atoms with Crippen molar-refractivity contribution in [3.63, 3.8) is 0 Å². The van der Waals surface area contributed by atoms with Crippen LogP contribution < -0.4 is 10.6 Å². The van der Waals surface area contributed by atoms with Gasteiger partial charge in [0.05, 0.1) is 28.7 Å². The number of nitrogens with one attached hydrogen (secondary N) is 2. The van der Waals surface area contributed by atoms with Gasteiger partial charge in [-0.25, -0.2) is 15.0 Å². The molecule has 2 N–H and O–H groups in total. The van der Waals surface area contributed by atoms with Gasteiger partial charge in [0.1, 0.15) is 5.65 Å². The molecule has 39 heavy (non-hydrogen) atoms. The second-order valence-electron chi connectivity index (χ2n) is 9.73. The normalized spacial score (nSPS) is 12.7. The Bertz CT molecular complexity index is 1580. The van der Waals surface area contributed by atoms with E-state index in [1.165, 1.54) is 6.07 Å². The number of pyridine rings is 1. The molecule has 3 aromatic heterocycles. The summed E-state index contributed by atoms with van der Waals surface area (Å²) in [4.78, 5) is 13.9. The second kappa shape index (κ2) is 10.9. The summed E-state index contributed by atoms with van der Waals surface area (Å²) in [6, 6.07) is 21.1. The van der Waals surface area contributed by atoms with Crippen LogP contribution in [0.1, 0.15) is 43.5 Å². The van der Waals surface area contributed by atoms with E-state index in [1.54, 1.807) is 18.3 Å². The fourth-order valence-corrected chi connectivity index (χ4v) is 4.39. The average Bonchev–Trinajstić information content (AvgIpc) is 3.31. The molecule has 6 nitrogen and oxygen atoms in total. The number of benzene rings is 2. The summed E-state index contributed by atoms with van der Waals surface area (Å²) in [6.07, 6.45) is -0.947. The number of halogens is 3. The zero-order chi connectivity index (χ0) is 27.6. The van der Waals surface area contributed by atoms with Crippen LogP contribution in [-0.4, -0.2) is 25.4 Å². The van der Waals surface area contributed by atoms with Gasteiger partial charge in [0, 0.05) is 30.5 Å². The van der Waals surface area contributed by atoms with Crippen molar-refractivity contribution in [2.45, 2.75) is 45.6 Å². The lowest BCUT2D eigenvalue weighted by Gasteiger charge is -2.15. The first kappa shape index (κ1) is 26.4.